The first kappa shape index (κ1) is 9.87. The zero-order valence-corrected chi connectivity index (χ0v) is 9.71. The van der Waals surface area contributed by atoms with Gasteiger partial charge in [-0.15, -0.1) is 12.4 Å². The van der Waals surface area contributed by atoms with Crippen LogP contribution in [0, 0.1) is 6.92 Å². The molecule has 0 atom stereocenters. The molecule has 1 heterocycles. The number of H-pyrrole nitrogens is 1. The molecule has 0 radical (unpaired) electrons. The zero-order valence-electron chi connectivity index (χ0n) is 10.9. The van der Waals surface area contributed by atoms with E-state index in [1.807, 2.05) is 6.92 Å². The summed E-state index contributed by atoms with van der Waals surface area (Å²) in [6.07, 6.45) is 1.30. The van der Waals surface area contributed by atoms with E-state index in [4.69, 9.17) is 2.74 Å². The average Bonchev–Trinajstić information content (AvgIpc) is 2.83. The highest BCUT2D eigenvalue weighted by atomic mass is 35.5. The summed E-state index contributed by atoms with van der Waals surface area (Å²) >= 11 is 0. The molecule has 16 heavy (non-hydrogen) atoms. The van der Waals surface area contributed by atoms with Crippen LogP contribution in [0.25, 0.3) is 0 Å². The van der Waals surface area contributed by atoms with E-state index in [9.17, 15) is 5.11 Å². The Hall–Kier alpha value is -1.32. The van der Waals surface area contributed by atoms with Gasteiger partial charge in [-0.3, -0.25) is 0 Å². The van der Waals surface area contributed by atoms with Gasteiger partial charge in [0.1, 0.15) is 0 Å². The Balaban J connectivity index is 0.00000162. The van der Waals surface area contributed by atoms with Gasteiger partial charge in [0.05, 0.1) is 12.9 Å². The van der Waals surface area contributed by atoms with Crippen LogP contribution in [0.2, 0.25) is 0 Å². The molecule has 86 valence electrons. The van der Waals surface area contributed by atoms with E-state index in [0.717, 1.165) is 11.1 Å². The van der Waals surface area contributed by atoms with Gasteiger partial charge in [-0.1, -0.05) is 18.2 Å². The Morgan fingerprint density at radius 3 is 2.81 bits per heavy atom. The average molecular weight is 243 g/mol. The first-order chi connectivity index (χ1) is 8.07. The van der Waals surface area contributed by atoms with Crippen molar-refractivity contribution in [1.29, 1.82) is 0 Å². The molecule has 0 bridgehead atoms. The van der Waals surface area contributed by atoms with Crippen molar-refractivity contribution in [3.8, 4) is 0 Å². The van der Waals surface area contributed by atoms with Crippen molar-refractivity contribution < 1.29 is 7.85 Å². The number of aliphatic hydroxyl groups is 1. The largest absolute Gasteiger partial charge is 0.392 e. The van der Waals surface area contributed by atoms with Crippen LogP contribution in [0.1, 0.15) is 25.1 Å². The van der Waals surface area contributed by atoms with Crippen LogP contribution in [0.15, 0.2) is 30.7 Å². The van der Waals surface area contributed by atoms with Crippen LogP contribution in [-0.2, 0) is 13.0 Å². The number of aliphatic hydroxyl groups excluding tert-OH is 1. The molecule has 0 unspecified atom stereocenters. The molecule has 0 amide bonds. The molecule has 1 aromatic heterocycles. The number of aromatic amines is 1. The van der Waals surface area contributed by atoms with Crippen LogP contribution >= 0.6 is 12.4 Å². The standard InChI is InChI=1S/C12H14N2O.ClH/c1-9-10(3-2-4-11(9)7-15)5-12-6-13-8-14-12;/h2-4,6,8,15H,5,7H2,1H3,(H,13,14);1H/i5D2,13+1,14+1;. The third kappa shape index (κ3) is 2.62. The van der Waals surface area contributed by atoms with Crippen molar-refractivity contribution in [2.75, 3.05) is 0 Å². The van der Waals surface area contributed by atoms with Gasteiger partial charge in [-0.25, -0.2) is 4.98 Å². The molecule has 2 rings (SSSR count). The van der Waals surface area contributed by atoms with Crippen LogP contribution in [0.5, 0.6) is 0 Å². The zero-order chi connectivity index (χ0) is 12.5. The summed E-state index contributed by atoms with van der Waals surface area (Å²) < 4.78 is 16.3. The van der Waals surface area contributed by atoms with Gasteiger partial charge in [-0.2, -0.15) is 0 Å². The number of hydrogen-bond acceptors (Lipinski definition) is 2. The number of imidazole rings is 1. The van der Waals surface area contributed by atoms with Crippen molar-refractivity contribution in [1.82, 2.24) is 9.97 Å². The van der Waals surface area contributed by atoms with Gasteiger partial charge >= 0.3 is 0 Å². The second-order valence-corrected chi connectivity index (χ2v) is 3.34. The third-order valence-corrected chi connectivity index (χ3v) is 2.38. The highest BCUT2D eigenvalue weighted by molar-refractivity contribution is 5.85. The maximum Gasteiger partial charge on any atom is 0.0921 e. The lowest BCUT2D eigenvalue weighted by atomic mass is 10.00. The SMILES string of the molecule is Cl.[2H]C([2H])(c1c[15n]c[15nH]1)c1cccc(CO)c1C. The van der Waals surface area contributed by atoms with Crippen LogP contribution in [0.4, 0.5) is 0 Å². The maximum atomic E-state index is 9.20. The summed E-state index contributed by atoms with van der Waals surface area (Å²) in [4.78, 5) is 6.63. The molecule has 1 aromatic carbocycles. The number of nitrogens with zero attached hydrogens (tertiary/aromatic N) is 1. The molecule has 2 N–H and O–H groups in total. The summed E-state index contributed by atoms with van der Waals surface area (Å²) in [5.74, 6) is 0. The first-order valence-electron chi connectivity index (χ1n) is 5.76. The normalized spacial score (nSPS) is 12.6. The summed E-state index contributed by atoms with van der Waals surface area (Å²) in [5.41, 5.74) is 2.48. The minimum Gasteiger partial charge on any atom is -0.392 e. The predicted octanol–water partition coefficient (Wildman–Crippen LogP) is 2.22. The lowest BCUT2D eigenvalue weighted by Gasteiger charge is -2.08. The van der Waals surface area contributed by atoms with Crippen LogP contribution in [-0.4, -0.2) is 15.1 Å². The number of aromatic nitrogens is 2. The van der Waals surface area contributed by atoms with Gasteiger partial charge in [0.2, 0.25) is 0 Å². The third-order valence-electron chi connectivity index (χ3n) is 2.38. The van der Waals surface area contributed by atoms with Crippen molar-refractivity contribution in [3.63, 3.8) is 0 Å². The fraction of sp³-hybridized carbons (Fsp3) is 0.250. The molecule has 4 heteroatoms. The molecule has 3 nitrogen and oxygen atoms in total. The second-order valence-electron chi connectivity index (χ2n) is 3.34. The van der Waals surface area contributed by atoms with Crippen LogP contribution < -0.4 is 0 Å². The Morgan fingerprint density at radius 2 is 2.19 bits per heavy atom. The van der Waals surface area contributed by atoms with E-state index in [1.165, 1.54) is 12.5 Å². The van der Waals surface area contributed by atoms with Gasteiger partial charge in [0.25, 0.3) is 0 Å². The quantitative estimate of drug-likeness (QED) is 0.867. The topological polar surface area (TPSA) is 48.9 Å². The van der Waals surface area contributed by atoms with E-state index in [1.54, 1.807) is 18.2 Å². The summed E-state index contributed by atoms with van der Waals surface area (Å²) in [6.45, 7) is 1.73. The molecular formula is C12H15ClN2O. The predicted molar refractivity (Wildman–Crippen MR) is 65.7 cm³/mol. The van der Waals surface area contributed by atoms with Crippen molar-refractivity contribution in [3.05, 3.63) is 53.1 Å². The number of hydrogen-bond donors (Lipinski definition) is 2. The molecule has 0 aliphatic heterocycles. The van der Waals surface area contributed by atoms with E-state index < -0.39 is 6.37 Å². The van der Waals surface area contributed by atoms with Crippen molar-refractivity contribution >= 4 is 12.4 Å². The minimum atomic E-state index is -1.63. The highest BCUT2D eigenvalue weighted by Crippen LogP contribution is 2.16. The Morgan fingerprint density at radius 1 is 1.44 bits per heavy atom. The molecule has 0 spiro atoms. The molecule has 0 aliphatic carbocycles. The highest BCUT2D eigenvalue weighted by Gasteiger charge is 2.04. The second kappa shape index (κ2) is 5.68. The molecular weight excluding hydrogens is 226 g/mol. The van der Waals surface area contributed by atoms with E-state index >= 15 is 0 Å². The van der Waals surface area contributed by atoms with Gasteiger partial charge in [0.15, 0.2) is 0 Å². The Bertz CT molecular complexity index is 515. The summed E-state index contributed by atoms with van der Waals surface area (Å²) in [5, 5.41) is 9.20. The number of nitrogens with one attached hydrogen (secondary N) is 1. The number of rotatable bonds is 3. The van der Waals surface area contributed by atoms with Gasteiger partial charge in [0, 0.05) is 21.0 Å². The lowest BCUT2D eigenvalue weighted by molar-refractivity contribution is 0.281. The maximum absolute atomic E-state index is 9.20. The Labute approximate surface area is 104 Å². The van der Waals surface area contributed by atoms with Crippen molar-refractivity contribution in [2.24, 2.45) is 0 Å². The van der Waals surface area contributed by atoms with E-state index in [2.05, 4.69) is 9.97 Å². The van der Waals surface area contributed by atoms with E-state index in [-0.39, 0.29) is 19.0 Å². The number of halogens is 1. The van der Waals surface area contributed by atoms with Gasteiger partial charge < -0.3 is 10.1 Å². The minimum absolute atomic E-state index is 0. The first-order valence-corrected chi connectivity index (χ1v) is 4.76. The van der Waals surface area contributed by atoms with Crippen molar-refractivity contribution in [2.45, 2.75) is 19.9 Å². The van der Waals surface area contributed by atoms with Gasteiger partial charge in [-0.05, 0) is 23.6 Å². The fourth-order valence-corrected chi connectivity index (χ4v) is 1.46. The monoisotopic (exact) mass is 242 g/mol. The summed E-state index contributed by atoms with van der Waals surface area (Å²) in [6, 6.07) is 5.28. The summed E-state index contributed by atoms with van der Waals surface area (Å²) in [7, 11) is 0. The molecule has 2 aromatic rings. The smallest absolute Gasteiger partial charge is 0.0921 e. The Kier molecular flexibility index (Phi) is 3.50. The molecule has 0 aliphatic rings. The molecule has 0 fully saturated rings. The molecule has 0 saturated heterocycles. The lowest BCUT2D eigenvalue weighted by Crippen LogP contribution is -1.96. The van der Waals surface area contributed by atoms with E-state index in [0.29, 0.717) is 11.3 Å². The fourth-order valence-electron chi connectivity index (χ4n) is 1.46. The van der Waals surface area contributed by atoms with Crippen LogP contribution in [0.3, 0.4) is 0 Å². The molecule has 0 saturated carbocycles. The number of benzene rings is 1.